The van der Waals surface area contributed by atoms with Crippen molar-refractivity contribution >= 4 is 11.1 Å². The molecule has 0 radical (unpaired) electrons. The normalized spacial score (nSPS) is 18.7. The van der Waals surface area contributed by atoms with Crippen molar-refractivity contribution in [3.8, 4) is 0 Å². The zero-order valence-corrected chi connectivity index (χ0v) is 12.5. The highest BCUT2D eigenvalue weighted by Crippen LogP contribution is 2.49. The smallest absolute Gasteiger partial charge is 0.00577 e. The summed E-state index contributed by atoms with van der Waals surface area (Å²) in [6.07, 6.45) is 14.4. The molecule has 0 N–H and O–H groups in total. The van der Waals surface area contributed by atoms with E-state index in [1.54, 1.807) is 0 Å². The van der Waals surface area contributed by atoms with Gasteiger partial charge in [-0.1, -0.05) is 66.3 Å². The average molecular weight is 270 g/mol. The Morgan fingerprint density at radius 1 is 0.905 bits per heavy atom. The van der Waals surface area contributed by atoms with Crippen LogP contribution in [0.3, 0.4) is 0 Å². The third kappa shape index (κ3) is 1.76. The fraction of sp³-hybridized carbons (Fsp3) is 0.143. The van der Waals surface area contributed by atoms with Crippen molar-refractivity contribution in [2.75, 3.05) is 0 Å². The van der Waals surface area contributed by atoms with Crippen LogP contribution in [0.2, 0.25) is 0 Å². The molecule has 0 nitrogen and oxygen atoms in total. The van der Waals surface area contributed by atoms with E-state index in [1.807, 2.05) is 0 Å². The maximum absolute atomic E-state index is 2.27. The van der Waals surface area contributed by atoms with E-state index >= 15 is 0 Å². The molecule has 0 unspecified atom stereocenters. The molecular formula is C21H18. The zero-order valence-electron chi connectivity index (χ0n) is 12.5. The van der Waals surface area contributed by atoms with E-state index in [0.717, 1.165) is 6.42 Å². The van der Waals surface area contributed by atoms with Crippen molar-refractivity contribution in [3.63, 3.8) is 0 Å². The van der Waals surface area contributed by atoms with E-state index in [9.17, 15) is 0 Å². The minimum absolute atomic E-state index is 1.03. The first-order chi connectivity index (χ1) is 10.3. The fourth-order valence-corrected chi connectivity index (χ4v) is 3.53. The van der Waals surface area contributed by atoms with Crippen LogP contribution in [0.25, 0.3) is 11.1 Å². The van der Waals surface area contributed by atoms with Crippen LogP contribution in [0.1, 0.15) is 31.4 Å². The second-order valence-electron chi connectivity index (χ2n) is 5.96. The standard InChI is InChI=1S/C21H18/c1-14(2)15-12-7-13-18(15)21-19-10-5-3-8-16(19)17-9-4-6-11-20(17)21/h3-10,12-13H,11H2,1-2H3. The van der Waals surface area contributed by atoms with Crippen molar-refractivity contribution in [3.05, 3.63) is 94.1 Å². The summed E-state index contributed by atoms with van der Waals surface area (Å²) in [6.45, 7) is 4.39. The van der Waals surface area contributed by atoms with Crippen molar-refractivity contribution < 1.29 is 0 Å². The van der Waals surface area contributed by atoms with Crippen LogP contribution in [0.15, 0.2) is 83.0 Å². The van der Waals surface area contributed by atoms with Crippen LogP contribution in [-0.4, -0.2) is 0 Å². The Kier molecular flexibility index (Phi) is 2.71. The molecule has 0 fully saturated rings. The molecule has 0 aliphatic heterocycles. The quantitative estimate of drug-likeness (QED) is 0.620. The Labute approximate surface area is 126 Å². The Bertz CT molecular complexity index is 813. The van der Waals surface area contributed by atoms with Gasteiger partial charge in [-0.15, -0.1) is 0 Å². The summed E-state index contributed by atoms with van der Waals surface area (Å²) in [5, 5.41) is 0. The van der Waals surface area contributed by atoms with Gasteiger partial charge in [-0.3, -0.25) is 0 Å². The largest absolute Gasteiger partial charge is 0.0801 e. The molecule has 0 heteroatoms. The fourth-order valence-electron chi connectivity index (χ4n) is 3.53. The SMILES string of the molecule is CC(C)=C1C=CC=C1C1=C2CC=CC=C2c2ccccc21. The molecule has 1 aromatic rings. The first-order valence-electron chi connectivity index (χ1n) is 7.54. The summed E-state index contributed by atoms with van der Waals surface area (Å²) in [5.74, 6) is 0. The molecule has 3 aliphatic rings. The van der Waals surface area contributed by atoms with E-state index in [-0.39, 0.29) is 0 Å². The molecule has 4 rings (SSSR count). The van der Waals surface area contributed by atoms with Crippen molar-refractivity contribution in [1.82, 2.24) is 0 Å². The summed E-state index contributed by atoms with van der Waals surface area (Å²) >= 11 is 0. The third-order valence-corrected chi connectivity index (χ3v) is 4.46. The number of hydrogen-bond acceptors (Lipinski definition) is 0. The molecule has 0 atom stereocenters. The van der Waals surface area contributed by atoms with Crippen LogP contribution in [0.4, 0.5) is 0 Å². The third-order valence-electron chi connectivity index (χ3n) is 4.46. The van der Waals surface area contributed by atoms with Gasteiger partial charge in [-0.05, 0) is 59.3 Å². The second-order valence-corrected chi connectivity index (χ2v) is 5.96. The lowest BCUT2D eigenvalue weighted by atomic mass is 9.90. The van der Waals surface area contributed by atoms with E-state index in [4.69, 9.17) is 0 Å². The highest BCUT2D eigenvalue weighted by molar-refractivity contribution is 6.07. The van der Waals surface area contributed by atoms with Gasteiger partial charge in [0.25, 0.3) is 0 Å². The minimum Gasteiger partial charge on any atom is -0.0801 e. The Morgan fingerprint density at radius 2 is 1.67 bits per heavy atom. The van der Waals surface area contributed by atoms with E-state index in [0.29, 0.717) is 0 Å². The molecule has 0 aromatic heterocycles. The lowest BCUT2D eigenvalue weighted by molar-refractivity contribution is 1.28. The maximum atomic E-state index is 2.27. The molecule has 0 bridgehead atoms. The predicted molar refractivity (Wildman–Crippen MR) is 90.7 cm³/mol. The molecule has 0 heterocycles. The molecule has 0 saturated heterocycles. The lowest BCUT2D eigenvalue weighted by Crippen LogP contribution is -1.93. The summed E-state index contributed by atoms with van der Waals surface area (Å²) < 4.78 is 0. The van der Waals surface area contributed by atoms with Crippen LogP contribution in [0, 0.1) is 0 Å². The highest BCUT2D eigenvalue weighted by Gasteiger charge is 2.29. The van der Waals surface area contributed by atoms with Crippen LogP contribution in [0.5, 0.6) is 0 Å². The Morgan fingerprint density at radius 3 is 2.48 bits per heavy atom. The first kappa shape index (κ1) is 12.4. The van der Waals surface area contributed by atoms with Gasteiger partial charge >= 0.3 is 0 Å². The predicted octanol–water partition coefficient (Wildman–Crippen LogP) is 5.63. The second kappa shape index (κ2) is 4.60. The molecule has 0 spiro atoms. The number of fused-ring (bicyclic) bond motifs is 3. The summed E-state index contributed by atoms with van der Waals surface area (Å²) in [6, 6.07) is 8.80. The molecule has 102 valence electrons. The molecule has 21 heavy (non-hydrogen) atoms. The zero-order chi connectivity index (χ0) is 14.4. The summed E-state index contributed by atoms with van der Waals surface area (Å²) in [7, 11) is 0. The van der Waals surface area contributed by atoms with Crippen molar-refractivity contribution in [2.24, 2.45) is 0 Å². The van der Waals surface area contributed by atoms with Crippen LogP contribution >= 0.6 is 0 Å². The van der Waals surface area contributed by atoms with E-state index in [1.165, 1.54) is 44.6 Å². The van der Waals surface area contributed by atoms with Gasteiger partial charge in [0, 0.05) is 0 Å². The number of benzene rings is 1. The van der Waals surface area contributed by atoms with Gasteiger partial charge in [0.1, 0.15) is 0 Å². The van der Waals surface area contributed by atoms with Crippen LogP contribution in [-0.2, 0) is 0 Å². The molecule has 3 aliphatic carbocycles. The van der Waals surface area contributed by atoms with Gasteiger partial charge in [0.05, 0.1) is 0 Å². The Hall–Kier alpha value is -2.34. The van der Waals surface area contributed by atoms with Gasteiger partial charge in [0.2, 0.25) is 0 Å². The molecule has 0 saturated carbocycles. The van der Waals surface area contributed by atoms with Gasteiger partial charge < -0.3 is 0 Å². The summed E-state index contributed by atoms with van der Waals surface area (Å²) in [5.41, 5.74) is 11.2. The minimum atomic E-state index is 1.03. The van der Waals surface area contributed by atoms with Gasteiger partial charge in [-0.25, -0.2) is 0 Å². The van der Waals surface area contributed by atoms with Crippen molar-refractivity contribution in [1.29, 1.82) is 0 Å². The monoisotopic (exact) mass is 270 g/mol. The molecule has 0 amide bonds. The molecular weight excluding hydrogens is 252 g/mol. The first-order valence-corrected chi connectivity index (χ1v) is 7.54. The van der Waals surface area contributed by atoms with Gasteiger partial charge in [-0.2, -0.15) is 0 Å². The lowest BCUT2D eigenvalue weighted by Gasteiger charge is -2.14. The van der Waals surface area contributed by atoms with E-state index in [2.05, 4.69) is 74.6 Å². The van der Waals surface area contributed by atoms with Gasteiger partial charge in [0.15, 0.2) is 0 Å². The molecule has 1 aromatic carbocycles. The average Bonchev–Trinajstić information content (AvgIpc) is 3.09. The maximum Gasteiger partial charge on any atom is -0.00577 e. The topological polar surface area (TPSA) is 0 Å². The summed E-state index contributed by atoms with van der Waals surface area (Å²) in [4.78, 5) is 0. The number of rotatable bonds is 1. The Balaban J connectivity index is 1.99. The van der Waals surface area contributed by atoms with Crippen molar-refractivity contribution in [2.45, 2.75) is 20.3 Å². The highest BCUT2D eigenvalue weighted by atomic mass is 14.3. The number of allylic oxidation sites excluding steroid dienone is 12. The van der Waals surface area contributed by atoms with Crippen LogP contribution < -0.4 is 0 Å². The van der Waals surface area contributed by atoms with E-state index < -0.39 is 0 Å². The number of hydrogen-bond donors (Lipinski definition) is 0.